The molecule has 146 valence electrons. The van der Waals surface area contributed by atoms with Crippen molar-refractivity contribution in [1.29, 1.82) is 0 Å². The molecule has 0 aromatic carbocycles. The minimum atomic E-state index is -0.221. The molecule has 4 aliphatic heterocycles. The summed E-state index contributed by atoms with van der Waals surface area (Å²) >= 11 is 0. The summed E-state index contributed by atoms with van der Waals surface area (Å²) in [4.78, 5) is 0. The zero-order valence-corrected chi connectivity index (χ0v) is 15.3. The quantitative estimate of drug-likeness (QED) is 0.669. The Hall–Kier alpha value is -0.240. The topological polar surface area (TPSA) is 62.0 Å². The maximum atomic E-state index is 6.25. The zero-order chi connectivity index (χ0) is 17.1. The Morgan fingerprint density at radius 3 is 2.08 bits per heavy atom. The Morgan fingerprint density at radius 1 is 0.692 bits per heavy atom. The molecular weight excluding hydrogens is 336 g/mol. The zero-order valence-electron chi connectivity index (χ0n) is 15.3. The van der Waals surface area contributed by atoms with E-state index in [1.54, 1.807) is 0 Å². The van der Waals surface area contributed by atoms with Gasteiger partial charge in [-0.3, -0.25) is 0 Å². The first-order valence-electron chi connectivity index (χ1n) is 10.6. The van der Waals surface area contributed by atoms with Gasteiger partial charge < -0.3 is 28.4 Å². The van der Waals surface area contributed by atoms with E-state index in [9.17, 15) is 0 Å². The molecule has 10 atom stereocenters. The second-order valence-corrected chi connectivity index (χ2v) is 9.15. The SMILES string of the molecule is C1CC2OC2CC1COC1COC2C(OCC3CCC4OC4C3)OCC12. The number of hydrogen-bond donors (Lipinski definition) is 0. The van der Waals surface area contributed by atoms with Crippen molar-refractivity contribution in [2.75, 3.05) is 26.4 Å². The van der Waals surface area contributed by atoms with Crippen LogP contribution >= 0.6 is 0 Å². The van der Waals surface area contributed by atoms with E-state index in [1.165, 1.54) is 32.1 Å². The molecule has 0 amide bonds. The van der Waals surface area contributed by atoms with Crippen molar-refractivity contribution in [1.82, 2.24) is 0 Å². The van der Waals surface area contributed by atoms with Crippen LogP contribution in [0.15, 0.2) is 0 Å². The molecule has 0 N–H and O–H groups in total. The Bertz CT molecular complexity index is 482. The van der Waals surface area contributed by atoms with E-state index < -0.39 is 0 Å². The van der Waals surface area contributed by atoms with Crippen LogP contribution in [0.1, 0.15) is 38.5 Å². The molecule has 4 saturated heterocycles. The summed E-state index contributed by atoms with van der Waals surface area (Å²) in [6.07, 6.45) is 9.27. The molecule has 0 radical (unpaired) electrons. The fraction of sp³-hybridized carbons (Fsp3) is 1.00. The third-order valence-electron chi connectivity index (χ3n) is 7.34. The summed E-state index contributed by atoms with van der Waals surface area (Å²) in [5, 5.41) is 0. The Labute approximate surface area is 154 Å². The lowest BCUT2D eigenvalue weighted by molar-refractivity contribution is -0.169. The molecule has 0 bridgehead atoms. The molecule has 26 heavy (non-hydrogen) atoms. The van der Waals surface area contributed by atoms with Crippen molar-refractivity contribution in [2.45, 2.75) is 81.4 Å². The van der Waals surface area contributed by atoms with E-state index in [4.69, 9.17) is 28.4 Å². The largest absolute Gasteiger partial charge is 0.375 e. The fourth-order valence-electron chi connectivity index (χ4n) is 5.53. The number of ether oxygens (including phenoxy) is 6. The van der Waals surface area contributed by atoms with Crippen LogP contribution in [0.3, 0.4) is 0 Å². The molecule has 6 rings (SSSR count). The summed E-state index contributed by atoms with van der Waals surface area (Å²) in [7, 11) is 0. The Balaban J connectivity index is 0.960. The lowest BCUT2D eigenvalue weighted by atomic mass is 9.90. The highest BCUT2D eigenvalue weighted by Crippen LogP contribution is 2.42. The lowest BCUT2D eigenvalue weighted by Crippen LogP contribution is -2.32. The molecular formula is C20H30O6. The Morgan fingerprint density at radius 2 is 1.38 bits per heavy atom. The summed E-state index contributed by atoms with van der Waals surface area (Å²) < 4.78 is 35.5. The predicted molar refractivity (Wildman–Crippen MR) is 90.7 cm³/mol. The van der Waals surface area contributed by atoms with E-state index in [-0.39, 0.29) is 18.5 Å². The van der Waals surface area contributed by atoms with Gasteiger partial charge in [0.05, 0.1) is 50.3 Å². The van der Waals surface area contributed by atoms with Gasteiger partial charge in [0.15, 0.2) is 6.29 Å². The van der Waals surface area contributed by atoms with Crippen LogP contribution in [0.5, 0.6) is 0 Å². The minimum Gasteiger partial charge on any atom is -0.375 e. The third-order valence-corrected chi connectivity index (χ3v) is 7.34. The van der Waals surface area contributed by atoms with Crippen molar-refractivity contribution in [3.05, 3.63) is 0 Å². The van der Waals surface area contributed by atoms with Crippen LogP contribution < -0.4 is 0 Å². The van der Waals surface area contributed by atoms with Gasteiger partial charge in [0.2, 0.25) is 0 Å². The number of rotatable bonds is 6. The van der Waals surface area contributed by atoms with Crippen LogP contribution in [0.25, 0.3) is 0 Å². The number of fused-ring (bicyclic) bond motifs is 3. The maximum Gasteiger partial charge on any atom is 0.184 e. The highest BCUT2D eigenvalue weighted by atomic mass is 16.7. The summed E-state index contributed by atoms with van der Waals surface area (Å²) in [5.74, 6) is 1.57. The van der Waals surface area contributed by atoms with E-state index in [0.29, 0.717) is 55.4 Å². The molecule has 0 spiro atoms. The smallest absolute Gasteiger partial charge is 0.184 e. The third kappa shape index (κ3) is 3.23. The molecule has 2 saturated carbocycles. The van der Waals surface area contributed by atoms with Gasteiger partial charge in [0, 0.05) is 12.5 Å². The van der Waals surface area contributed by atoms with Crippen LogP contribution in [-0.2, 0) is 28.4 Å². The first-order chi connectivity index (χ1) is 12.8. The standard InChI is InChI=1S/C20H30O6/c1-3-14-16(25-14)5-11(1)7-21-18-10-22-19-13(18)9-24-20(19)23-8-12-2-4-15-17(6-12)26-15/h11-20H,1-10H2. The molecule has 0 aromatic rings. The first kappa shape index (κ1) is 16.7. The minimum absolute atomic E-state index is 0.0380. The average Bonchev–Trinajstić information content (AvgIpc) is 3.52. The normalized spacial score (nSPS) is 54.5. The van der Waals surface area contributed by atoms with Crippen LogP contribution in [-0.4, -0.2) is 69.3 Å². The second kappa shape index (κ2) is 6.68. The Kier molecular flexibility index (Phi) is 4.29. The molecule has 0 aromatic heterocycles. The highest BCUT2D eigenvalue weighted by Gasteiger charge is 2.50. The predicted octanol–water partition coefficient (Wildman–Crippen LogP) is 1.89. The van der Waals surface area contributed by atoms with Gasteiger partial charge >= 0.3 is 0 Å². The molecule has 6 aliphatic rings. The van der Waals surface area contributed by atoms with Crippen LogP contribution in [0, 0.1) is 17.8 Å². The number of epoxide rings is 2. The molecule has 4 heterocycles. The lowest BCUT2D eigenvalue weighted by Gasteiger charge is -2.23. The van der Waals surface area contributed by atoms with Crippen LogP contribution in [0.4, 0.5) is 0 Å². The van der Waals surface area contributed by atoms with Crippen molar-refractivity contribution in [2.24, 2.45) is 17.8 Å². The van der Waals surface area contributed by atoms with Crippen molar-refractivity contribution < 1.29 is 28.4 Å². The van der Waals surface area contributed by atoms with Gasteiger partial charge in [-0.2, -0.15) is 0 Å². The highest BCUT2D eigenvalue weighted by molar-refractivity contribution is 4.95. The van der Waals surface area contributed by atoms with Crippen LogP contribution in [0.2, 0.25) is 0 Å². The van der Waals surface area contributed by atoms with Gasteiger partial charge in [0.25, 0.3) is 0 Å². The monoisotopic (exact) mass is 366 g/mol. The molecule has 6 nitrogen and oxygen atoms in total. The molecule has 6 fully saturated rings. The number of hydrogen-bond acceptors (Lipinski definition) is 6. The molecule has 2 aliphatic carbocycles. The van der Waals surface area contributed by atoms with Crippen molar-refractivity contribution in [3.8, 4) is 0 Å². The van der Waals surface area contributed by atoms with E-state index in [1.807, 2.05) is 0 Å². The fourth-order valence-corrected chi connectivity index (χ4v) is 5.53. The first-order valence-corrected chi connectivity index (χ1v) is 10.6. The second-order valence-electron chi connectivity index (χ2n) is 9.15. The van der Waals surface area contributed by atoms with Gasteiger partial charge in [-0.15, -0.1) is 0 Å². The van der Waals surface area contributed by atoms with E-state index in [2.05, 4.69) is 0 Å². The van der Waals surface area contributed by atoms with E-state index >= 15 is 0 Å². The van der Waals surface area contributed by atoms with Gasteiger partial charge in [-0.25, -0.2) is 0 Å². The van der Waals surface area contributed by atoms with Gasteiger partial charge in [-0.05, 0) is 50.4 Å². The summed E-state index contributed by atoms with van der Waals surface area (Å²) in [5.41, 5.74) is 0. The van der Waals surface area contributed by atoms with Gasteiger partial charge in [0.1, 0.15) is 6.10 Å². The van der Waals surface area contributed by atoms with E-state index in [0.717, 1.165) is 19.6 Å². The maximum absolute atomic E-state index is 6.25. The molecule has 10 unspecified atom stereocenters. The average molecular weight is 366 g/mol. The van der Waals surface area contributed by atoms with Gasteiger partial charge in [-0.1, -0.05) is 0 Å². The van der Waals surface area contributed by atoms with Crippen molar-refractivity contribution >= 4 is 0 Å². The summed E-state index contributed by atoms with van der Waals surface area (Å²) in [6, 6.07) is 0. The summed E-state index contributed by atoms with van der Waals surface area (Å²) in [6.45, 7) is 2.96. The molecule has 6 heteroatoms. The van der Waals surface area contributed by atoms with Crippen molar-refractivity contribution in [3.63, 3.8) is 0 Å².